The molecule has 2 rings (SSSR count). The quantitative estimate of drug-likeness (QED) is 0.594. The van der Waals surface area contributed by atoms with E-state index in [-0.39, 0.29) is 12.5 Å². The molecule has 7 nitrogen and oxygen atoms in total. The van der Waals surface area contributed by atoms with Crippen molar-refractivity contribution in [3.05, 3.63) is 46.8 Å². The van der Waals surface area contributed by atoms with Crippen LogP contribution < -0.4 is 10.1 Å². The number of aromatic nitrogens is 1. The van der Waals surface area contributed by atoms with E-state index in [1.54, 1.807) is 45.2 Å². The molecule has 0 saturated heterocycles. The molecular formula is C18H22N2O5. The second kappa shape index (κ2) is 8.34. The average Bonchev–Trinajstić information content (AvgIpc) is 2.90. The molecule has 1 amide bonds. The molecule has 0 aliphatic rings. The van der Waals surface area contributed by atoms with E-state index in [2.05, 4.69) is 10.3 Å². The Morgan fingerprint density at radius 3 is 2.60 bits per heavy atom. The lowest BCUT2D eigenvalue weighted by Crippen LogP contribution is -2.14. The van der Waals surface area contributed by atoms with E-state index >= 15 is 0 Å². The molecule has 25 heavy (non-hydrogen) atoms. The van der Waals surface area contributed by atoms with Gasteiger partial charge in [0.25, 0.3) is 5.91 Å². The Morgan fingerprint density at radius 2 is 1.92 bits per heavy atom. The Morgan fingerprint density at radius 1 is 1.16 bits per heavy atom. The van der Waals surface area contributed by atoms with Crippen LogP contribution in [-0.2, 0) is 9.47 Å². The van der Waals surface area contributed by atoms with Gasteiger partial charge in [-0.2, -0.15) is 0 Å². The lowest BCUT2D eigenvalue weighted by molar-refractivity contribution is 0.0387. The highest BCUT2D eigenvalue weighted by Crippen LogP contribution is 2.22. The molecule has 0 aliphatic carbocycles. The topological polar surface area (TPSA) is 89.7 Å². The number of anilines is 1. The van der Waals surface area contributed by atoms with Crippen molar-refractivity contribution in [2.75, 3.05) is 32.8 Å². The molecule has 1 aromatic heterocycles. The Balaban J connectivity index is 2.17. The van der Waals surface area contributed by atoms with E-state index in [4.69, 9.17) is 14.2 Å². The van der Waals surface area contributed by atoms with Gasteiger partial charge >= 0.3 is 5.97 Å². The third-order valence-corrected chi connectivity index (χ3v) is 3.72. The van der Waals surface area contributed by atoms with Gasteiger partial charge in [0.05, 0.1) is 19.3 Å². The van der Waals surface area contributed by atoms with Gasteiger partial charge in [0.1, 0.15) is 18.1 Å². The molecule has 2 aromatic rings. The van der Waals surface area contributed by atoms with Crippen LogP contribution in [-0.4, -0.2) is 44.3 Å². The predicted octanol–water partition coefficient (Wildman–Crippen LogP) is 2.70. The summed E-state index contributed by atoms with van der Waals surface area (Å²) in [5.74, 6) is -0.187. The van der Waals surface area contributed by atoms with Crippen LogP contribution in [0.3, 0.4) is 0 Å². The zero-order valence-electron chi connectivity index (χ0n) is 14.8. The number of hydrogen-bond donors (Lipinski definition) is 2. The monoisotopic (exact) mass is 346 g/mol. The van der Waals surface area contributed by atoms with Gasteiger partial charge in [-0.25, -0.2) is 4.79 Å². The molecule has 1 heterocycles. The van der Waals surface area contributed by atoms with Crippen LogP contribution in [0.1, 0.15) is 32.1 Å². The Bertz CT molecular complexity index is 767. The number of hydrogen-bond acceptors (Lipinski definition) is 5. The van der Waals surface area contributed by atoms with E-state index in [0.29, 0.717) is 40.6 Å². The fourth-order valence-electron chi connectivity index (χ4n) is 2.47. The number of aryl methyl sites for hydroxylation is 1. The van der Waals surface area contributed by atoms with Gasteiger partial charge < -0.3 is 24.5 Å². The number of H-pyrrole nitrogens is 1. The van der Waals surface area contributed by atoms with Crippen molar-refractivity contribution in [3.63, 3.8) is 0 Å². The number of esters is 1. The zero-order valence-corrected chi connectivity index (χ0v) is 14.8. The molecule has 0 bridgehead atoms. The molecule has 0 radical (unpaired) electrons. The van der Waals surface area contributed by atoms with E-state index < -0.39 is 5.97 Å². The Kier molecular flexibility index (Phi) is 6.19. The molecule has 2 N–H and O–H groups in total. The van der Waals surface area contributed by atoms with Crippen molar-refractivity contribution in [1.82, 2.24) is 4.98 Å². The van der Waals surface area contributed by atoms with Crippen molar-refractivity contribution >= 4 is 17.6 Å². The fraction of sp³-hybridized carbons (Fsp3) is 0.333. The summed E-state index contributed by atoms with van der Waals surface area (Å²) in [4.78, 5) is 27.7. The highest BCUT2D eigenvalue weighted by molar-refractivity contribution is 6.06. The molecule has 134 valence electrons. The molecule has 0 spiro atoms. The maximum Gasteiger partial charge on any atom is 0.340 e. The van der Waals surface area contributed by atoms with Gasteiger partial charge in [0, 0.05) is 24.6 Å². The molecule has 1 aromatic carbocycles. The number of rotatable bonds is 7. The van der Waals surface area contributed by atoms with Crippen LogP contribution in [0.15, 0.2) is 24.3 Å². The highest BCUT2D eigenvalue weighted by Gasteiger charge is 2.23. The number of nitrogens with one attached hydrogen (secondary N) is 2. The number of benzene rings is 1. The first kappa shape index (κ1) is 18.5. The summed E-state index contributed by atoms with van der Waals surface area (Å²) in [6, 6.07) is 7.03. The van der Waals surface area contributed by atoms with E-state index in [1.165, 1.54) is 7.11 Å². The first-order valence-electron chi connectivity index (χ1n) is 7.78. The van der Waals surface area contributed by atoms with Crippen molar-refractivity contribution in [2.45, 2.75) is 13.8 Å². The summed E-state index contributed by atoms with van der Waals surface area (Å²) in [5, 5.41) is 2.78. The summed E-state index contributed by atoms with van der Waals surface area (Å²) >= 11 is 0. The molecule has 0 saturated carbocycles. The number of carbonyl (C=O) groups excluding carboxylic acids is 2. The summed E-state index contributed by atoms with van der Waals surface area (Å²) in [6.45, 7) is 3.90. The maximum absolute atomic E-state index is 12.5. The largest absolute Gasteiger partial charge is 0.497 e. The van der Waals surface area contributed by atoms with Gasteiger partial charge in [-0.05, 0) is 31.5 Å². The zero-order chi connectivity index (χ0) is 18.4. The molecule has 0 unspecified atom stereocenters. The van der Waals surface area contributed by atoms with Crippen molar-refractivity contribution < 1.29 is 23.8 Å². The minimum atomic E-state index is -0.483. The van der Waals surface area contributed by atoms with Crippen LogP contribution in [0, 0.1) is 13.8 Å². The van der Waals surface area contributed by atoms with E-state index in [1.807, 2.05) is 0 Å². The second-order valence-electron chi connectivity index (χ2n) is 5.44. The third kappa shape index (κ3) is 4.39. The Hall–Kier alpha value is -2.80. The average molecular weight is 346 g/mol. The second-order valence-corrected chi connectivity index (χ2v) is 5.44. The number of aromatic amines is 1. The van der Waals surface area contributed by atoms with Crippen molar-refractivity contribution in [2.24, 2.45) is 0 Å². The lowest BCUT2D eigenvalue weighted by atomic mass is 10.1. The summed E-state index contributed by atoms with van der Waals surface area (Å²) in [5.41, 5.74) is 2.40. The number of amides is 1. The summed E-state index contributed by atoms with van der Waals surface area (Å²) < 4.78 is 15.1. The van der Waals surface area contributed by atoms with E-state index in [9.17, 15) is 9.59 Å². The predicted molar refractivity (Wildman–Crippen MR) is 93.4 cm³/mol. The van der Waals surface area contributed by atoms with Crippen LogP contribution in [0.2, 0.25) is 0 Å². The Labute approximate surface area is 146 Å². The lowest BCUT2D eigenvalue weighted by Gasteiger charge is -2.07. The van der Waals surface area contributed by atoms with Crippen LogP contribution in [0.5, 0.6) is 5.75 Å². The van der Waals surface area contributed by atoms with Crippen LogP contribution in [0.25, 0.3) is 0 Å². The third-order valence-electron chi connectivity index (χ3n) is 3.72. The van der Waals surface area contributed by atoms with Crippen LogP contribution >= 0.6 is 0 Å². The van der Waals surface area contributed by atoms with Crippen molar-refractivity contribution in [3.8, 4) is 5.75 Å². The van der Waals surface area contributed by atoms with Gasteiger partial charge in [-0.15, -0.1) is 0 Å². The first-order chi connectivity index (χ1) is 12.0. The minimum absolute atomic E-state index is 0.157. The fourth-order valence-corrected chi connectivity index (χ4v) is 2.47. The van der Waals surface area contributed by atoms with E-state index in [0.717, 1.165) is 0 Å². The van der Waals surface area contributed by atoms with Gasteiger partial charge in [0.15, 0.2) is 0 Å². The van der Waals surface area contributed by atoms with Gasteiger partial charge in [0.2, 0.25) is 0 Å². The molecule has 7 heteroatoms. The van der Waals surface area contributed by atoms with Crippen molar-refractivity contribution in [1.29, 1.82) is 0 Å². The SMILES string of the molecule is COCCOC(=O)c1c(C)[nH]c(C(=O)Nc2cccc(OC)c2)c1C. The first-order valence-corrected chi connectivity index (χ1v) is 7.78. The van der Waals surface area contributed by atoms with Gasteiger partial charge in [-0.1, -0.05) is 6.07 Å². The number of carbonyl (C=O) groups is 2. The van der Waals surface area contributed by atoms with Crippen LogP contribution in [0.4, 0.5) is 5.69 Å². The normalized spacial score (nSPS) is 10.4. The molecule has 0 atom stereocenters. The summed E-state index contributed by atoms with van der Waals surface area (Å²) in [7, 11) is 3.09. The number of ether oxygens (including phenoxy) is 3. The minimum Gasteiger partial charge on any atom is -0.497 e. The molecule has 0 aliphatic heterocycles. The summed E-state index contributed by atoms with van der Waals surface area (Å²) in [6.07, 6.45) is 0. The smallest absolute Gasteiger partial charge is 0.340 e. The highest BCUT2D eigenvalue weighted by atomic mass is 16.6. The maximum atomic E-state index is 12.5. The molecular weight excluding hydrogens is 324 g/mol. The molecule has 0 fully saturated rings. The van der Waals surface area contributed by atoms with Gasteiger partial charge in [-0.3, -0.25) is 4.79 Å². The standard InChI is InChI=1S/C18H22N2O5/c1-11-15(18(22)25-9-8-23-3)12(2)19-16(11)17(21)20-13-6-5-7-14(10-13)24-4/h5-7,10,19H,8-9H2,1-4H3,(H,20,21). The number of methoxy groups -OCH3 is 2.